The molecule has 0 aliphatic rings. The number of pyridine rings is 1. The van der Waals surface area contributed by atoms with Gasteiger partial charge in [-0.1, -0.05) is 18.2 Å². The van der Waals surface area contributed by atoms with Crippen LogP contribution >= 0.6 is 0 Å². The lowest BCUT2D eigenvalue weighted by atomic mass is 10.2. The van der Waals surface area contributed by atoms with E-state index in [4.69, 9.17) is 5.11 Å². The molecule has 0 atom stereocenters. The first kappa shape index (κ1) is 10.1. The lowest BCUT2D eigenvalue weighted by Crippen LogP contribution is -2.10. The summed E-state index contributed by atoms with van der Waals surface area (Å²) in [4.78, 5) is 24.7. The fraction of sp³-hybridized carbons (Fsp3) is 0.100. The minimum absolute atomic E-state index is 0.0930. The highest BCUT2D eigenvalue weighted by Gasteiger charge is 2.07. The number of Topliss-reactive ketones (excluding diaryl/α,β-unsaturated/α-hetero) is 1. The van der Waals surface area contributed by atoms with Crippen molar-refractivity contribution in [2.75, 3.05) is 0 Å². The van der Waals surface area contributed by atoms with Crippen LogP contribution in [-0.4, -0.2) is 21.8 Å². The topological polar surface area (TPSA) is 67.3 Å². The van der Waals surface area contributed by atoms with Crippen LogP contribution in [0.5, 0.6) is 0 Å². The zero-order valence-corrected chi connectivity index (χ0v) is 7.38. The van der Waals surface area contributed by atoms with Gasteiger partial charge in [-0.15, -0.1) is 0 Å². The van der Waals surface area contributed by atoms with Crippen LogP contribution in [0.3, 0.4) is 0 Å². The van der Waals surface area contributed by atoms with Crippen molar-refractivity contribution < 1.29 is 14.7 Å². The Morgan fingerprint density at radius 1 is 1.50 bits per heavy atom. The number of hydrogen-bond acceptors (Lipinski definition) is 3. The van der Waals surface area contributed by atoms with E-state index in [-0.39, 0.29) is 6.42 Å². The Kier molecular flexibility index (Phi) is 3.55. The van der Waals surface area contributed by atoms with Gasteiger partial charge in [0.15, 0.2) is 0 Å². The summed E-state index contributed by atoms with van der Waals surface area (Å²) in [6.07, 6.45) is 6.34. The molecule has 1 aromatic rings. The molecule has 4 nitrogen and oxygen atoms in total. The minimum atomic E-state index is -1.40. The maximum absolute atomic E-state index is 10.7. The van der Waals surface area contributed by atoms with Crippen molar-refractivity contribution in [1.82, 2.24) is 4.98 Å². The van der Waals surface area contributed by atoms with Crippen molar-refractivity contribution in [3.05, 3.63) is 36.2 Å². The molecule has 14 heavy (non-hydrogen) atoms. The quantitative estimate of drug-likeness (QED) is 0.724. The van der Waals surface area contributed by atoms with E-state index in [2.05, 4.69) is 4.98 Å². The van der Waals surface area contributed by atoms with Crippen molar-refractivity contribution in [2.45, 2.75) is 6.42 Å². The molecule has 0 bridgehead atoms. The molecule has 1 aromatic heterocycles. The van der Waals surface area contributed by atoms with Crippen LogP contribution in [0, 0.1) is 0 Å². The first-order valence-electron chi connectivity index (χ1n) is 4.03. The molecule has 4 heteroatoms. The molecule has 0 unspecified atom stereocenters. The number of carboxylic acid groups (broad SMARTS) is 1. The van der Waals surface area contributed by atoms with Gasteiger partial charge in [0.1, 0.15) is 0 Å². The smallest absolute Gasteiger partial charge is 0.372 e. The number of hydrogen-bond donors (Lipinski definition) is 1. The Morgan fingerprint density at radius 3 is 2.86 bits per heavy atom. The van der Waals surface area contributed by atoms with Crippen molar-refractivity contribution >= 4 is 17.8 Å². The Bertz CT molecular complexity index is 357. The molecule has 1 N–H and O–H groups in total. The van der Waals surface area contributed by atoms with Gasteiger partial charge in [-0.05, 0) is 11.6 Å². The van der Waals surface area contributed by atoms with Crippen LogP contribution in [0.1, 0.15) is 12.0 Å². The molecular formula is C10H9NO3. The van der Waals surface area contributed by atoms with Gasteiger partial charge in [0, 0.05) is 18.8 Å². The summed E-state index contributed by atoms with van der Waals surface area (Å²) < 4.78 is 0. The number of allylic oxidation sites excluding steroid dienone is 1. The van der Waals surface area contributed by atoms with Crippen LogP contribution in [0.4, 0.5) is 0 Å². The summed E-state index contributed by atoms with van der Waals surface area (Å²) in [7, 11) is 0. The zero-order chi connectivity index (χ0) is 10.4. The third-order valence-electron chi connectivity index (χ3n) is 1.54. The van der Waals surface area contributed by atoms with E-state index in [0.29, 0.717) is 0 Å². The molecular weight excluding hydrogens is 182 g/mol. The van der Waals surface area contributed by atoms with Crippen molar-refractivity contribution in [1.29, 1.82) is 0 Å². The standard InChI is InChI=1S/C10H9NO3/c12-9(10(13)14)5-1-3-8-4-2-6-11-7-8/h1-4,6-7H,5H2,(H,13,14)/b3-1+. The fourth-order valence-electron chi connectivity index (χ4n) is 0.864. The van der Waals surface area contributed by atoms with E-state index in [1.54, 1.807) is 24.5 Å². The lowest BCUT2D eigenvalue weighted by Gasteiger charge is -1.90. The first-order chi connectivity index (χ1) is 6.70. The van der Waals surface area contributed by atoms with E-state index in [9.17, 15) is 9.59 Å². The maximum atomic E-state index is 10.7. The molecule has 0 amide bonds. The molecule has 72 valence electrons. The Hall–Kier alpha value is -1.97. The van der Waals surface area contributed by atoms with Crippen LogP contribution in [0.25, 0.3) is 6.08 Å². The number of carbonyl (C=O) groups is 2. The summed E-state index contributed by atoms with van der Waals surface area (Å²) in [6.45, 7) is 0. The lowest BCUT2D eigenvalue weighted by molar-refractivity contribution is -0.148. The largest absolute Gasteiger partial charge is 0.475 e. The monoisotopic (exact) mass is 191 g/mol. The zero-order valence-electron chi connectivity index (χ0n) is 7.38. The summed E-state index contributed by atoms with van der Waals surface area (Å²) in [5.41, 5.74) is 0.839. The van der Waals surface area contributed by atoms with Gasteiger partial charge in [-0.25, -0.2) is 4.79 Å². The van der Waals surface area contributed by atoms with Crippen LogP contribution in [0.15, 0.2) is 30.6 Å². The number of aromatic nitrogens is 1. The van der Waals surface area contributed by atoms with Crippen LogP contribution < -0.4 is 0 Å². The highest BCUT2D eigenvalue weighted by Crippen LogP contribution is 1.99. The molecule has 0 aliphatic heterocycles. The summed E-state index contributed by atoms with van der Waals surface area (Å²) >= 11 is 0. The molecule has 0 fully saturated rings. The molecule has 0 spiro atoms. The van der Waals surface area contributed by atoms with Crippen molar-refractivity contribution in [3.8, 4) is 0 Å². The average molecular weight is 191 g/mol. The first-order valence-corrected chi connectivity index (χ1v) is 4.03. The highest BCUT2D eigenvalue weighted by atomic mass is 16.4. The molecule has 0 aromatic carbocycles. The van der Waals surface area contributed by atoms with E-state index in [1.165, 1.54) is 6.08 Å². The molecule has 1 heterocycles. The Balaban J connectivity index is 2.50. The van der Waals surface area contributed by atoms with Gasteiger partial charge in [0.05, 0.1) is 0 Å². The van der Waals surface area contributed by atoms with Crippen molar-refractivity contribution in [3.63, 3.8) is 0 Å². The SMILES string of the molecule is O=C(O)C(=O)C/C=C/c1cccnc1. The van der Waals surface area contributed by atoms with E-state index < -0.39 is 11.8 Å². The number of nitrogens with zero attached hydrogens (tertiary/aromatic N) is 1. The van der Waals surface area contributed by atoms with Gasteiger partial charge >= 0.3 is 5.97 Å². The minimum Gasteiger partial charge on any atom is -0.475 e. The van der Waals surface area contributed by atoms with E-state index >= 15 is 0 Å². The van der Waals surface area contributed by atoms with E-state index in [0.717, 1.165) is 5.56 Å². The normalized spacial score (nSPS) is 10.3. The predicted octanol–water partition coefficient (Wildman–Crippen LogP) is 1.14. The van der Waals surface area contributed by atoms with Gasteiger partial charge in [0.25, 0.3) is 0 Å². The molecule has 0 saturated carbocycles. The third-order valence-corrected chi connectivity index (χ3v) is 1.54. The fourth-order valence-corrected chi connectivity index (χ4v) is 0.864. The number of carbonyl (C=O) groups excluding carboxylic acids is 1. The summed E-state index contributed by atoms with van der Waals surface area (Å²) in [5.74, 6) is -2.22. The van der Waals surface area contributed by atoms with Gasteiger partial charge in [-0.2, -0.15) is 0 Å². The second-order valence-corrected chi connectivity index (χ2v) is 2.62. The third kappa shape index (κ3) is 3.18. The molecule has 0 aliphatic carbocycles. The summed E-state index contributed by atoms with van der Waals surface area (Å²) in [5, 5.41) is 8.28. The summed E-state index contributed by atoms with van der Waals surface area (Å²) in [6, 6.07) is 3.58. The van der Waals surface area contributed by atoms with Gasteiger partial charge in [-0.3, -0.25) is 9.78 Å². The second kappa shape index (κ2) is 4.91. The predicted molar refractivity (Wildman–Crippen MR) is 50.5 cm³/mol. The molecule has 1 rings (SSSR count). The van der Waals surface area contributed by atoms with Crippen LogP contribution in [0.2, 0.25) is 0 Å². The molecule has 0 saturated heterocycles. The highest BCUT2D eigenvalue weighted by molar-refractivity contribution is 6.33. The average Bonchev–Trinajstić information content (AvgIpc) is 2.19. The van der Waals surface area contributed by atoms with Crippen LogP contribution in [-0.2, 0) is 9.59 Å². The van der Waals surface area contributed by atoms with Gasteiger partial charge < -0.3 is 5.11 Å². The number of aliphatic carboxylic acids is 1. The number of carboxylic acids is 1. The maximum Gasteiger partial charge on any atom is 0.372 e. The Morgan fingerprint density at radius 2 is 2.29 bits per heavy atom. The Labute approximate surface area is 80.9 Å². The van der Waals surface area contributed by atoms with Crippen molar-refractivity contribution in [2.24, 2.45) is 0 Å². The number of ketones is 1. The molecule has 0 radical (unpaired) electrons. The number of rotatable bonds is 4. The second-order valence-electron chi connectivity index (χ2n) is 2.62. The van der Waals surface area contributed by atoms with E-state index in [1.807, 2.05) is 6.07 Å². The van der Waals surface area contributed by atoms with Gasteiger partial charge in [0.2, 0.25) is 5.78 Å².